The van der Waals surface area contributed by atoms with E-state index in [-0.39, 0.29) is 5.82 Å². The van der Waals surface area contributed by atoms with Crippen LogP contribution in [0, 0.1) is 5.82 Å². The number of rotatable bonds is 6. The zero-order valence-corrected chi connectivity index (χ0v) is 12.1. The summed E-state index contributed by atoms with van der Waals surface area (Å²) in [4.78, 5) is 2.08. The Morgan fingerprint density at radius 2 is 1.80 bits per heavy atom. The van der Waals surface area contributed by atoms with E-state index in [4.69, 9.17) is 0 Å². The Bertz CT molecular complexity index is 540. The van der Waals surface area contributed by atoms with Gasteiger partial charge in [0.25, 0.3) is 0 Å². The number of hydrogen-bond acceptors (Lipinski definition) is 2. The van der Waals surface area contributed by atoms with Gasteiger partial charge in [-0.25, -0.2) is 4.39 Å². The standard InChI is InChI=1S/C17H21FN2/c1-3-20(13-14-8-5-4-6-9-14)17-15(12-19-2)10-7-11-16(17)18/h4-11,19H,3,12-13H2,1-2H3. The van der Waals surface area contributed by atoms with Crippen LogP contribution in [0.25, 0.3) is 0 Å². The fourth-order valence-corrected chi connectivity index (χ4v) is 2.40. The average molecular weight is 272 g/mol. The monoisotopic (exact) mass is 272 g/mol. The Morgan fingerprint density at radius 3 is 2.45 bits per heavy atom. The van der Waals surface area contributed by atoms with Crippen LogP contribution < -0.4 is 10.2 Å². The summed E-state index contributed by atoms with van der Waals surface area (Å²) in [6.45, 7) is 4.21. The maximum Gasteiger partial charge on any atom is 0.146 e. The van der Waals surface area contributed by atoms with Gasteiger partial charge in [-0.1, -0.05) is 42.5 Å². The van der Waals surface area contributed by atoms with Gasteiger partial charge in [0, 0.05) is 19.6 Å². The summed E-state index contributed by atoms with van der Waals surface area (Å²) >= 11 is 0. The highest BCUT2D eigenvalue weighted by Gasteiger charge is 2.14. The maximum absolute atomic E-state index is 14.2. The predicted molar refractivity (Wildman–Crippen MR) is 82.3 cm³/mol. The minimum atomic E-state index is -0.157. The van der Waals surface area contributed by atoms with Gasteiger partial charge in [-0.3, -0.25) is 0 Å². The maximum atomic E-state index is 14.2. The molecule has 0 atom stereocenters. The van der Waals surface area contributed by atoms with Gasteiger partial charge in [-0.2, -0.15) is 0 Å². The summed E-state index contributed by atoms with van der Waals surface area (Å²) < 4.78 is 14.2. The summed E-state index contributed by atoms with van der Waals surface area (Å²) in [6, 6.07) is 15.4. The molecule has 0 unspecified atom stereocenters. The third-order valence-electron chi connectivity index (χ3n) is 3.35. The van der Waals surface area contributed by atoms with E-state index in [0.29, 0.717) is 12.2 Å². The summed E-state index contributed by atoms with van der Waals surface area (Å²) in [6.07, 6.45) is 0. The number of nitrogens with one attached hydrogen (secondary N) is 1. The second kappa shape index (κ2) is 7.06. The number of nitrogens with zero attached hydrogens (tertiary/aromatic N) is 1. The minimum absolute atomic E-state index is 0.157. The molecule has 0 radical (unpaired) electrons. The Labute approximate surface area is 120 Å². The molecule has 2 nitrogen and oxygen atoms in total. The van der Waals surface area contributed by atoms with E-state index in [2.05, 4.69) is 29.3 Å². The predicted octanol–water partition coefficient (Wildman–Crippen LogP) is 3.57. The van der Waals surface area contributed by atoms with E-state index in [0.717, 1.165) is 18.7 Å². The van der Waals surface area contributed by atoms with Crippen LogP contribution in [0.2, 0.25) is 0 Å². The van der Waals surface area contributed by atoms with Crippen molar-refractivity contribution in [2.75, 3.05) is 18.5 Å². The Balaban J connectivity index is 2.31. The lowest BCUT2D eigenvalue weighted by Gasteiger charge is -2.26. The molecule has 2 rings (SSSR count). The molecule has 0 aliphatic carbocycles. The molecule has 1 N–H and O–H groups in total. The second-order valence-electron chi connectivity index (χ2n) is 4.78. The lowest BCUT2D eigenvalue weighted by atomic mass is 10.1. The molecule has 0 aromatic heterocycles. The SMILES string of the molecule is CCN(Cc1ccccc1)c1c(F)cccc1CNC. The van der Waals surface area contributed by atoms with E-state index in [1.165, 1.54) is 11.6 Å². The number of anilines is 1. The highest BCUT2D eigenvalue weighted by molar-refractivity contribution is 5.55. The third-order valence-corrected chi connectivity index (χ3v) is 3.35. The Hall–Kier alpha value is -1.87. The van der Waals surface area contributed by atoms with Crippen molar-refractivity contribution in [1.29, 1.82) is 0 Å². The fourth-order valence-electron chi connectivity index (χ4n) is 2.40. The van der Waals surface area contributed by atoms with Crippen LogP contribution in [0.3, 0.4) is 0 Å². The van der Waals surface area contributed by atoms with Crippen LogP contribution in [0.1, 0.15) is 18.1 Å². The molecule has 3 heteroatoms. The van der Waals surface area contributed by atoms with Crippen molar-refractivity contribution in [3.05, 3.63) is 65.5 Å². The zero-order valence-electron chi connectivity index (χ0n) is 12.1. The molecule has 0 bridgehead atoms. The summed E-state index contributed by atoms with van der Waals surface area (Å²) in [5, 5.41) is 3.10. The molecular weight excluding hydrogens is 251 g/mol. The van der Waals surface area contributed by atoms with Gasteiger partial charge < -0.3 is 10.2 Å². The lowest BCUT2D eigenvalue weighted by Crippen LogP contribution is -2.25. The molecule has 0 spiro atoms. The van der Waals surface area contributed by atoms with E-state index in [1.54, 1.807) is 6.07 Å². The summed E-state index contributed by atoms with van der Waals surface area (Å²) in [5.74, 6) is -0.157. The average Bonchev–Trinajstić information content (AvgIpc) is 2.47. The molecule has 0 saturated carbocycles. The smallest absolute Gasteiger partial charge is 0.146 e. The van der Waals surface area contributed by atoms with Gasteiger partial charge in [-0.05, 0) is 31.2 Å². The van der Waals surface area contributed by atoms with Crippen LogP contribution in [0.5, 0.6) is 0 Å². The molecule has 20 heavy (non-hydrogen) atoms. The molecule has 0 aliphatic rings. The summed E-state index contributed by atoms with van der Waals surface area (Å²) in [5.41, 5.74) is 2.88. The van der Waals surface area contributed by atoms with Crippen molar-refractivity contribution < 1.29 is 4.39 Å². The number of para-hydroxylation sites is 1. The van der Waals surface area contributed by atoms with Gasteiger partial charge >= 0.3 is 0 Å². The van der Waals surface area contributed by atoms with Crippen LogP contribution in [0.4, 0.5) is 10.1 Å². The Morgan fingerprint density at radius 1 is 1.05 bits per heavy atom. The topological polar surface area (TPSA) is 15.3 Å². The van der Waals surface area contributed by atoms with Crippen LogP contribution in [-0.4, -0.2) is 13.6 Å². The zero-order chi connectivity index (χ0) is 14.4. The highest BCUT2D eigenvalue weighted by Crippen LogP contribution is 2.26. The first kappa shape index (κ1) is 14.5. The van der Waals surface area contributed by atoms with Crippen molar-refractivity contribution in [1.82, 2.24) is 5.32 Å². The number of hydrogen-bond donors (Lipinski definition) is 1. The molecule has 0 fully saturated rings. The van der Waals surface area contributed by atoms with Gasteiger partial charge in [0.15, 0.2) is 0 Å². The Kier molecular flexibility index (Phi) is 5.13. The van der Waals surface area contributed by atoms with E-state index < -0.39 is 0 Å². The molecular formula is C17H21FN2. The third kappa shape index (κ3) is 3.36. The fraction of sp³-hybridized carbons (Fsp3) is 0.294. The first-order valence-electron chi connectivity index (χ1n) is 6.97. The lowest BCUT2D eigenvalue weighted by molar-refractivity contribution is 0.613. The van der Waals surface area contributed by atoms with Crippen molar-refractivity contribution in [3.8, 4) is 0 Å². The first-order chi connectivity index (χ1) is 9.76. The van der Waals surface area contributed by atoms with Crippen molar-refractivity contribution in [2.24, 2.45) is 0 Å². The van der Waals surface area contributed by atoms with Gasteiger partial charge in [-0.15, -0.1) is 0 Å². The van der Waals surface area contributed by atoms with Crippen LogP contribution in [0.15, 0.2) is 48.5 Å². The molecule has 2 aromatic carbocycles. The van der Waals surface area contributed by atoms with E-state index in [1.807, 2.05) is 31.3 Å². The molecule has 0 amide bonds. The normalized spacial score (nSPS) is 10.6. The quantitative estimate of drug-likeness (QED) is 0.865. The molecule has 106 valence electrons. The van der Waals surface area contributed by atoms with Crippen LogP contribution in [-0.2, 0) is 13.1 Å². The highest BCUT2D eigenvalue weighted by atomic mass is 19.1. The largest absolute Gasteiger partial charge is 0.365 e. The van der Waals surface area contributed by atoms with Gasteiger partial charge in [0.1, 0.15) is 5.82 Å². The summed E-state index contributed by atoms with van der Waals surface area (Å²) in [7, 11) is 1.88. The first-order valence-corrected chi connectivity index (χ1v) is 6.97. The van der Waals surface area contributed by atoms with Crippen molar-refractivity contribution >= 4 is 5.69 Å². The minimum Gasteiger partial charge on any atom is -0.365 e. The molecule has 2 aromatic rings. The number of halogens is 1. The molecule has 0 saturated heterocycles. The van der Waals surface area contributed by atoms with Gasteiger partial charge in [0.2, 0.25) is 0 Å². The van der Waals surface area contributed by atoms with Crippen LogP contribution >= 0.6 is 0 Å². The number of benzene rings is 2. The second-order valence-corrected chi connectivity index (χ2v) is 4.78. The van der Waals surface area contributed by atoms with Crippen molar-refractivity contribution in [2.45, 2.75) is 20.0 Å². The van der Waals surface area contributed by atoms with E-state index >= 15 is 0 Å². The molecule has 0 heterocycles. The van der Waals surface area contributed by atoms with E-state index in [9.17, 15) is 4.39 Å². The van der Waals surface area contributed by atoms with Crippen molar-refractivity contribution in [3.63, 3.8) is 0 Å². The molecule has 0 aliphatic heterocycles. The van der Waals surface area contributed by atoms with Gasteiger partial charge in [0.05, 0.1) is 5.69 Å².